The fourth-order valence-corrected chi connectivity index (χ4v) is 5.25. The molecular formula is C23H29N3O2S. The molecule has 1 amide bonds. The number of piperazine rings is 1. The van der Waals surface area contributed by atoms with Gasteiger partial charge in [-0.2, -0.15) is 0 Å². The molecule has 2 aliphatic rings. The molecule has 5 nitrogen and oxygen atoms in total. The summed E-state index contributed by atoms with van der Waals surface area (Å²) in [5.41, 5.74) is 4.55. The van der Waals surface area contributed by atoms with E-state index in [0.717, 1.165) is 30.3 Å². The molecule has 0 unspecified atom stereocenters. The van der Waals surface area contributed by atoms with Gasteiger partial charge in [0.2, 0.25) is 0 Å². The SMILES string of the molecule is COc1ccc([C@@H](C)N2C[C@@H]3C[C@H]2CN3C(=O)c2ccc(SC)nc2)c(C)c1C. The molecule has 154 valence electrons. The first-order chi connectivity index (χ1) is 13.9. The second-order valence-electron chi connectivity index (χ2n) is 8.07. The van der Waals surface area contributed by atoms with Gasteiger partial charge in [-0.25, -0.2) is 4.98 Å². The van der Waals surface area contributed by atoms with Crippen molar-refractivity contribution in [2.45, 2.75) is 50.3 Å². The van der Waals surface area contributed by atoms with Gasteiger partial charge in [0, 0.05) is 37.4 Å². The molecule has 2 bridgehead atoms. The van der Waals surface area contributed by atoms with Crippen LogP contribution in [0.3, 0.4) is 0 Å². The fraction of sp³-hybridized carbons (Fsp3) is 0.478. The molecule has 0 saturated carbocycles. The first kappa shape index (κ1) is 20.2. The maximum absolute atomic E-state index is 13.0. The highest BCUT2D eigenvalue weighted by Crippen LogP contribution is 2.39. The Morgan fingerprint density at radius 2 is 1.97 bits per heavy atom. The lowest BCUT2D eigenvalue weighted by Crippen LogP contribution is -2.49. The van der Waals surface area contributed by atoms with Crippen LogP contribution < -0.4 is 4.74 Å². The van der Waals surface area contributed by atoms with Gasteiger partial charge in [0.25, 0.3) is 5.91 Å². The highest BCUT2D eigenvalue weighted by molar-refractivity contribution is 7.98. The number of nitrogens with zero attached hydrogens (tertiary/aromatic N) is 3. The van der Waals surface area contributed by atoms with Gasteiger partial charge in [0.15, 0.2) is 0 Å². The number of rotatable bonds is 5. The largest absolute Gasteiger partial charge is 0.496 e. The molecule has 1 aromatic carbocycles. The molecule has 0 aliphatic carbocycles. The molecule has 2 fully saturated rings. The Balaban J connectivity index is 1.47. The number of fused-ring (bicyclic) bond motifs is 2. The second-order valence-corrected chi connectivity index (χ2v) is 8.90. The minimum Gasteiger partial charge on any atom is -0.496 e. The van der Waals surface area contributed by atoms with Gasteiger partial charge in [-0.3, -0.25) is 9.69 Å². The van der Waals surface area contributed by atoms with E-state index in [1.807, 2.05) is 18.4 Å². The van der Waals surface area contributed by atoms with E-state index in [2.05, 4.69) is 47.7 Å². The molecule has 3 atom stereocenters. The van der Waals surface area contributed by atoms with Crippen molar-refractivity contribution in [1.82, 2.24) is 14.8 Å². The van der Waals surface area contributed by atoms with Crippen molar-refractivity contribution in [2.24, 2.45) is 0 Å². The maximum Gasteiger partial charge on any atom is 0.255 e. The number of hydrogen-bond donors (Lipinski definition) is 0. The second kappa shape index (κ2) is 8.00. The number of amides is 1. The first-order valence-electron chi connectivity index (χ1n) is 10.2. The number of ether oxygens (including phenoxy) is 1. The van der Waals surface area contributed by atoms with Crippen molar-refractivity contribution < 1.29 is 9.53 Å². The highest BCUT2D eigenvalue weighted by Gasteiger charge is 2.47. The summed E-state index contributed by atoms with van der Waals surface area (Å²) in [5, 5.41) is 0.939. The summed E-state index contributed by atoms with van der Waals surface area (Å²) in [7, 11) is 1.72. The van der Waals surface area contributed by atoms with Gasteiger partial charge in [0.1, 0.15) is 5.75 Å². The average Bonchev–Trinajstić information content (AvgIpc) is 3.36. The van der Waals surface area contributed by atoms with Gasteiger partial charge in [-0.15, -0.1) is 11.8 Å². The lowest BCUT2D eigenvalue weighted by molar-refractivity contribution is 0.0568. The zero-order valence-electron chi connectivity index (χ0n) is 17.8. The third-order valence-corrected chi connectivity index (χ3v) is 7.34. The molecule has 2 saturated heterocycles. The number of thioether (sulfide) groups is 1. The zero-order chi connectivity index (χ0) is 20.7. The fourth-order valence-electron chi connectivity index (χ4n) is 4.88. The quantitative estimate of drug-likeness (QED) is 0.694. The number of aromatic nitrogens is 1. The maximum atomic E-state index is 13.0. The molecule has 0 N–H and O–H groups in total. The minimum atomic E-state index is 0.112. The van der Waals surface area contributed by atoms with Crippen LogP contribution in [0.4, 0.5) is 0 Å². The highest BCUT2D eigenvalue weighted by atomic mass is 32.2. The molecule has 4 rings (SSSR count). The van der Waals surface area contributed by atoms with Crippen molar-refractivity contribution >= 4 is 17.7 Å². The average molecular weight is 412 g/mol. The lowest BCUT2D eigenvalue weighted by Gasteiger charge is -2.38. The summed E-state index contributed by atoms with van der Waals surface area (Å²) in [4.78, 5) is 22.0. The van der Waals surface area contributed by atoms with Crippen LogP contribution >= 0.6 is 11.8 Å². The number of hydrogen-bond acceptors (Lipinski definition) is 5. The molecule has 29 heavy (non-hydrogen) atoms. The summed E-state index contributed by atoms with van der Waals surface area (Å²) in [6.45, 7) is 8.31. The third kappa shape index (κ3) is 3.53. The molecule has 6 heteroatoms. The summed E-state index contributed by atoms with van der Waals surface area (Å²) >= 11 is 1.59. The molecule has 0 radical (unpaired) electrons. The van der Waals surface area contributed by atoms with E-state index in [9.17, 15) is 4.79 Å². The van der Waals surface area contributed by atoms with Gasteiger partial charge >= 0.3 is 0 Å². The smallest absolute Gasteiger partial charge is 0.255 e. The van der Waals surface area contributed by atoms with Gasteiger partial charge in [-0.1, -0.05) is 6.07 Å². The molecule has 3 heterocycles. The molecule has 2 aliphatic heterocycles. The Hall–Kier alpha value is -2.05. The zero-order valence-corrected chi connectivity index (χ0v) is 18.6. The van der Waals surface area contributed by atoms with Crippen LogP contribution in [0.25, 0.3) is 0 Å². The Labute approximate surface area is 177 Å². The molecular weight excluding hydrogens is 382 g/mol. The summed E-state index contributed by atoms with van der Waals surface area (Å²) in [5.74, 6) is 1.06. The number of carbonyl (C=O) groups excluding carboxylic acids is 1. The molecule has 1 aromatic heterocycles. The topological polar surface area (TPSA) is 45.7 Å². The van der Waals surface area contributed by atoms with Crippen LogP contribution in [-0.2, 0) is 0 Å². The number of methoxy groups -OCH3 is 1. The minimum absolute atomic E-state index is 0.112. The van der Waals surface area contributed by atoms with Crippen molar-refractivity contribution in [3.05, 3.63) is 52.7 Å². The van der Waals surface area contributed by atoms with E-state index in [0.29, 0.717) is 17.6 Å². The number of carbonyl (C=O) groups is 1. The third-order valence-electron chi connectivity index (χ3n) is 6.68. The first-order valence-corrected chi connectivity index (χ1v) is 11.4. The van der Waals surface area contributed by atoms with E-state index in [1.54, 1.807) is 25.1 Å². The van der Waals surface area contributed by atoms with Crippen LogP contribution in [0.2, 0.25) is 0 Å². The van der Waals surface area contributed by atoms with E-state index in [1.165, 1.54) is 16.7 Å². The monoisotopic (exact) mass is 411 g/mol. The van der Waals surface area contributed by atoms with Gasteiger partial charge < -0.3 is 9.64 Å². The summed E-state index contributed by atoms with van der Waals surface area (Å²) < 4.78 is 5.47. The predicted molar refractivity (Wildman–Crippen MR) is 117 cm³/mol. The van der Waals surface area contributed by atoms with Gasteiger partial charge in [-0.05, 0) is 68.3 Å². The number of pyridine rings is 1. The van der Waals surface area contributed by atoms with Crippen LogP contribution in [0, 0.1) is 13.8 Å². The molecule has 0 spiro atoms. The van der Waals surface area contributed by atoms with E-state index in [-0.39, 0.29) is 11.9 Å². The van der Waals surface area contributed by atoms with Crippen molar-refractivity contribution in [2.75, 3.05) is 26.5 Å². The van der Waals surface area contributed by atoms with E-state index >= 15 is 0 Å². The van der Waals surface area contributed by atoms with Crippen LogP contribution in [-0.4, -0.2) is 59.2 Å². The van der Waals surface area contributed by atoms with Crippen molar-refractivity contribution in [1.29, 1.82) is 0 Å². The van der Waals surface area contributed by atoms with Gasteiger partial charge in [0.05, 0.1) is 17.7 Å². The Bertz CT molecular complexity index is 915. The normalized spacial score (nSPS) is 22.2. The standard InChI is InChI=1S/C23H29N3O2S/c1-14-15(2)21(28-4)8-7-20(14)16(3)25-12-19-10-18(25)13-26(19)23(27)17-6-9-22(29-5)24-11-17/h6-9,11,16,18-19H,10,12-13H2,1-5H3/t16-,18+,19+/m1/s1. The Morgan fingerprint density at radius 1 is 1.17 bits per heavy atom. The summed E-state index contributed by atoms with van der Waals surface area (Å²) in [6.07, 6.45) is 4.76. The Morgan fingerprint density at radius 3 is 2.55 bits per heavy atom. The van der Waals surface area contributed by atoms with Crippen LogP contribution in [0.1, 0.15) is 46.4 Å². The van der Waals surface area contributed by atoms with Crippen LogP contribution in [0.5, 0.6) is 5.75 Å². The van der Waals surface area contributed by atoms with E-state index < -0.39 is 0 Å². The van der Waals surface area contributed by atoms with Crippen molar-refractivity contribution in [3.63, 3.8) is 0 Å². The predicted octanol–water partition coefficient (Wildman–Crippen LogP) is 4.09. The molecule has 2 aromatic rings. The Kier molecular flexibility index (Phi) is 5.58. The van der Waals surface area contributed by atoms with E-state index in [4.69, 9.17) is 4.74 Å². The number of likely N-dealkylation sites (tertiary alicyclic amines) is 2. The number of benzene rings is 1. The van der Waals surface area contributed by atoms with Crippen LogP contribution in [0.15, 0.2) is 35.5 Å². The van der Waals surface area contributed by atoms with Crippen molar-refractivity contribution in [3.8, 4) is 5.75 Å². The summed E-state index contributed by atoms with van der Waals surface area (Å²) in [6, 6.07) is 9.12. The lowest BCUT2D eigenvalue weighted by atomic mass is 9.96.